The van der Waals surface area contributed by atoms with Gasteiger partial charge in [-0.3, -0.25) is 0 Å². The van der Waals surface area contributed by atoms with E-state index in [-0.39, 0.29) is 0 Å². The van der Waals surface area contributed by atoms with E-state index >= 15 is 0 Å². The fraction of sp³-hybridized carbons (Fsp3) is 1.00. The maximum Gasteiger partial charge on any atom is 0.0119 e. The lowest BCUT2D eigenvalue weighted by molar-refractivity contribution is 0.0894. The van der Waals surface area contributed by atoms with Gasteiger partial charge in [-0.15, -0.1) is 0 Å². The SMILES string of the molecule is CC1(CNC2CCC2(C)C)CCNCC1. The second-order valence-corrected chi connectivity index (χ2v) is 6.52. The summed E-state index contributed by atoms with van der Waals surface area (Å²) in [6, 6.07) is 0.768. The highest BCUT2D eigenvalue weighted by molar-refractivity contribution is 4.95. The maximum atomic E-state index is 3.79. The largest absolute Gasteiger partial charge is 0.317 e. The zero-order valence-corrected chi connectivity index (χ0v) is 10.5. The van der Waals surface area contributed by atoms with Gasteiger partial charge in [0.1, 0.15) is 0 Å². The Labute approximate surface area is 94.2 Å². The standard InChI is InChI=1S/C13H26N2/c1-12(2)5-4-11(12)15-10-13(3)6-8-14-9-7-13/h11,14-15H,4-10H2,1-3H3. The lowest BCUT2D eigenvalue weighted by atomic mass is 9.67. The number of hydrogen-bond donors (Lipinski definition) is 2. The van der Waals surface area contributed by atoms with Crippen LogP contribution in [0.4, 0.5) is 0 Å². The first-order chi connectivity index (χ1) is 7.02. The molecule has 2 fully saturated rings. The van der Waals surface area contributed by atoms with Crippen molar-refractivity contribution in [1.82, 2.24) is 10.6 Å². The van der Waals surface area contributed by atoms with E-state index in [9.17, 15) is 0 Å². The van der Waals surface area contributed by atoms with E-state index in [0.29, 0.717) is 10.8 Å². The van der Waals surface area contributed by atoms with E-state index in [2.05, 4.69) is 31.4 Å². The van der Waals surface area contributed by atoms with Crippen LogP contribution in [0.3, 0.4) is 0 Å². The molecule has 1 unspecified atom stereocenters. The molecule has 0 aromatic carbocycles. The van der Waals surface area contributed by atoms with Gasteiger partial charge in [0, 0.05) is 12.6 Å². The third kappa shape index (κ3) is 2.54. The van der Waals surface area contributed by atoms with Crippen LogP contribution in [0.5, 0.6) is 0 Å². The van der Waals surface area contributed by atoms with Gasteiger partial charge in [0.25, 0.3) is 0 Å². The van der Waals surface area contributed by atoms with Crippen molar-refractivity contribution in [2.75, 3.05) is 19.6 Å². The van der Waals surface area contributed by atoms with Crippen LogP contribution in [0.2, 0.25) is 0 Å². The molecular formula is C13H26N2. The molecule has 0 aromatic rings. The van der Waals surface area contributed by atoms with Crippen LogP contribution in [0.1, 0.15) is 46.5 Å². The highest BCUT2D eigenvalue weighted by Gasteiger charge is 2.39. The molecule has 1 heterocycles. The average Bonchev–Trinajstić information content (AvgIpc) is 2.17. The number of hydrogen-bond acceptors (Lipinski definition) is 2. The Morgan fingerprint density at radius 1 is 1.13 bits per heavy atom. The van der Waals surface area contributed by atoms with E-state index in [1.165, 1.54) is 45.3 Å². The van der Waals surface area contributed by atoms with E-state index < -0.39 is 0 Å². The van der Waals surface area contributed by atoms with Gasteiger partial charge >= 0.3 is 0 Å². The molecule has 2 heteroatoms. The Bertz CT molecular complexity index is 217. The Balaban J connectivity index is 1.77. The Kier molecular flexibility index (Phi) is 3.09. The smallest absolute Gasteiger partial charge is 0.0119 e. The molecule has 0 radical (unpaired) electrons. The van der Waals surface area contributed by atoms with Crippen molar-refractivity contribution < 1.29 is 0 Å². The van der Waals surface area contributed by atoms with Crippen LogP contribution in [0, 0.1) is 10.8 Å². The molecule has 1 atom stereocenters. The highest BCUT2D eigenvalue weighted by atomic mass is 15.0. The zero-order valence-electron chi connectivity index (χ0n) is 10.5. The fourth-order valence-corrected chi connectivity index (χ4v) is 2.82. The molecule has 2 N–H and O–H groups in total. The monoisotopic (exact) mass is 210 g/mol. The molecule has 0 bridgehead atoms. The molecular weight excluding hydrogens is 184 g/mol. The summed E-state index contributed by atoms with van der Waals surface area (Å²) in [7, 11) is 0. The summed E-state index contributed by atoms with van der Waals surface area (Å²) >= 11 is 0. The van der Waals surface area contributed by atoms with E-state index in [4.69, 9.17) is 0 Å². The predicted octanol–water partition coefficient (Wildman–Crippen LogP) is 2.15. The first-order valence-electron chi connectivity index (χ1n) is 6.46. The third-order valence-corrected chi connectivity index (χ3v) is 4.61. The predicted molar refractivity (Wildman–Crippen MR) is 65.0 cm³/mol. The van der Waals surface area contributed by atoms with E-state index in [1.807, 2.05) is 0 Å². The molecule has 2 rings (SSSR count). The summed E-state index contributed by atoms with van der Waals surface area (Å²) in [6.07, 6.45) is 5.42. The van der Waals surface area contributed by atoms with E-state index in [0.717, 1.165) is 6.04 Å². The van der Waals surface area contributed by atoms with Gasteiger partial charge in [-0.05, 0) is 49.6 Å². The van der Waals surface area contributed by atoms with Crippen LogP contribution in [0.15, 0.2) is 0 Å². The average molecular weight is 210 g/mol. The Morgan fingerprint density at radius 3 is 2.27 bits per heavy atom. The van der Waals surface area contributed by atoms with Crippen molar-refractivity contribution in [2.24, 2.45) is 10.8 Å². The molecule has 0 spiro atoms. The Hall–Kier alpha value is -0.0800. The van der Waals surface area contributed by atoms with Gasteiger partial charge in [-0.25, -0.2) is 0 Å². The molecule has 1 aliphatic carbocycles. The molecule has 0 amide bonds. The summed E-state index contributed by atoms with van der Waals surface area (Å²) in [5.74, 6) is 0. The molecule has 15 heavy (non-hydrogen) atoms. The van der Waals surface area contributed by atoms with Crippen molar-refractivity contribution in [3.63, 3.8) is 0 Å². The lowest BCUT2D eigenvalue weighted by Crippen LogP contribution is -2.53. The first kappa shape index (κ1) is 11.4. The molecule has 1 aliphatic heterocycles. The maximum absolute atomic E-state index is 3.79. The summed E-state index contributed by atoms with van der Waals surface area (Å²) in [5, 5.41) is 7.24. The van der Waals surface area contributed by atoms with Gasteiger partial charge in [0.05, 0.1) is 0 Å². The van der Waals surface area contributed by atoms with Crippen molar-refractivity contribution in [1.29, 1.82) is 0 Å². The van der Waals surface area contributed by atoms with Crippen LogP contribution in [-0.4, -0.2) is 25.7 Å². The van der Waals surface area contributed by atoms with Crippen molar-refractivity contribution >= 4 is 0 Å². The molecule has 0 aromatic heterocycles. The van der Waals surface area contributed by atoms with Crippen molar-refractivity contribution in [3.8, 4) is 0 Å². The van der Waals surface area contributed by atoms with Gasteiger partial charge in [0.2, 0.25) is 0 Å². The third-order valence-electron chi connectivity index (χ3n) is 4.61. The van der Waals surface area contributed by atoms with Crippen LogP contribution < -0.4 is 10.6 Å². The molecule has 1 saturated heterocycles. The molecule has 88 valence electrons. The van der Waals surface area contributed by atoms with Gasteiger partial charge in [0.15, 0.2) is 0 Å². The summed E-state index contributed by atoms with van der Waals surface area (Å²) in [5.41, 5.74) is 1.08. The minimum atomic E-state index is 0.539. The Morgan fingerprint density at radius 2 is 1.80 bits per heavy atom. The first-order valence-corrected chi connectivity index (χ1v) is 6.46. The number of rotatable bonds is 3. The number of piperidine rings is 1. The summed E-state index contributed by atoms with van der Waals surface area (Å²) < 4.78 is 0. The fourth-order valence-electron chi connectivity index (χ4n) is 2.82. The molecule has 2 nitrogen and oxygen atoms in total. The topological polar surface area (TPSA) is 24.1 Å². The minimum Gasteiger partial charge on any atom is -0.317 e. The second kappa shape index (κ2) is 4.06. The van der Waals surface area contributed by atoms with Crippen LogP contribution in [-0.2, 0) is 0 Å². The van der Waals surface area contributed by atoms with E-state index in [1.54, 1.807) is 0 Å². The normalized spacial score (nSPS) is 33.4. The van der Waals surface area contributed by atoms with Crippen LogP contribution >= 0.6 is 0 Å². The minimum absolute atomic E-state index is 0.539. The molecule has 2 aliphatic rings. The van der Waals surface area contributed by atoms with Crippen molar-refractivity contribution in [3.05, 3.63) is 0 Å². The van der Waals surface area contributed by atoms with Crippen molar-refractivity contribution in [2.45, 2.75) is 52.5 Å². The summed E-state index contributed by atoms with van der Waals surface area (Å²) in [4.78, 5) is 0. The summed E-state index contributed by atoms with van der Waals surface area (Å²) in [6.45, 7) is 10.8. The quantitative estimate of drug-likeness (QED) is 0.746. The highest BCUT2D eigenvalue weighted by Crippen LogP contribution is 2.40. The van der Waals surface area contributed by atoms with Crippen LogP contribution in [0.25, 0.3) is 0 Å². The number of nitrogens with one attached hydrogen (secondary N) is 2. The zero-order chi connectivity index (χ0) is 10.9. The molecule has 1 saturated carbocycles. The lowest BCUT2D eigenvalue weighted by Gasteiger charge is -2.47. The second-order valence-electron chi connectivity index (χ2n) is 6.52. The van der Waals surface area contributed by atoms with Gasteiger partial charge < -0.3 is 10.6 Å². The van der Waals surface area contributed by atoms with Gasteiger partial charge in [-0.2, -0.15) is 0 Å². The van der Waals surface area contributed by atoms with Gasteiger partial charge in [-0.1, -0.05) is 20.8 Å².